The Labute approximate surface area is 138 Å². The van der Waals surface area contributed by atoms with E-state index < -0.39 is 4.92 Å². The van der Waals surface area contributed by atoms with Gasteiger partial charge in [0.1, 0.15) is 11.5 Å². The third-order valence-corrected chi connectivity index (χ3v) is 4.37. The highest BCUT2D eigenvalue weighted by Crippen LogP contribution is 2.26. The smallest absolute Gasteiger partial charge is 0.269 e. The van der Waals surface area contributed by atoms with Crippen LogP contribution in [0.15, 0.2) is 45.7 Å². The molecule has 1 aromatic heterocycles. The zero-order chi connectivity index (χ0) is 17.0. The van der Waals surface area contributed by atoms with Gasteiger partial charge >= 0.3 is 0 Å². The second-order valence-electron chi connectivity index (χ2n) is 5.22. The molecule has 6 nitrogen and oxygen atoms in total. The molecule has 23 heavy (non-hydrogen) atoms. The number of non-ortho nitro benzene ring substituents is 1. The minimum absolute atomic E-state index is 0.0256. The first kappa shape index (κ1) is 17.1. The van der Waals surface area contributed by atoms with Crippen LogP contribution in [0.1, 0.15) is 18.4 Å². The molecule has 2 rings (SSSR count). The fraction of sp³-hybridized carbons (Fsp3) is 0.312. The van der Waals surface area contributed by atoms with E-state index in [9.17, 15) is 14.9 Å². The second-order valence-corrected chi connectivity index (χ2v) is 6.63. The van der Waals surface area contributed by atoms with Crippen molar-refractivity contribution in [3.05, 3.63) is 58.0 Å². The third-order valence-electron chi connectivity index (χ3n) is 3.27. The maximum Gasteiger partial charge on any atom is 0.269 e. The summed E-state index contributed by atoms with van der Waals surface area (Å²) in [5, 5.41) is 10.3. The Balaban J connectivity index is 1.94. The van der Waals surface area contributed by atoms with E-state index in [1.165, 1.54) is 23.9 Å². The lowest BCUT2D eigenvalue weighted by atomic mass is 10.3. The average Bonchev–Trinajstić information content (AvgIpc) is 2.92. The van der Waals surface area contributed by atoms with Gasteiger partial charge in [0.05, 0.1) is 16.7 Å². The number of amides is 1. The van der Waals surface area contributed by atoms with Crippen LogP contribution in [0.4, 0.5) is 5.69 Å². The van der Waals surface area contributed by atoms with Crippen molar-refractivity contribution in [1.82, 2.24) is 4.90 Å². The van der Waals surface area contributed by atoms with Crippen molar-refractivity contribution >= 4 is 23.4 Å². The van der Waals surface area contributed by atoms with Gasteiger partial charge in [-0.2, -0.15) is 0 Å². The number of nitro groups is 1. The van der Waals surface area contributed by atoms with Crippen LogP contribution in [0, 0.1) is 17.0 Å². The van der Waals surface area contributed by atoms with Crippen LogP contribution in [0.5, 0.6) is 0 Å². The van der Waals surface area contributed by atoms with Crippen LogP contribution < -0.4 is 0 Å². The summed E-state index contributed by atoms with van der Waals surface area (Å²) in [5.41, 5.74) is 0.0404. The van der Waals surface area contributed by atoms with E-state index in [1.807, 2.05) is 26.0 Å². The summed E-state index contributed by atoms with van der Waals surface area (Å²) in [6.45, 7) is 4.09. The predicted octanol–water partition coefficient (Wildman–Crippen LogP) is 3.64. The molecule has 1 atom stereocenters. The van der Waals surface area contributed by atoms with Crippen molar-refractivity contribution < 1.29 is 14.1 Å². The number of benzene rings is 1. The Morgan fingerprint density at radius 2 is 1.96 bits per heavy atom. The number of thioether (sulfide) groups is 1. The van der Waals surface area contributed by atoms with Crippen LogP contribution in [0.25, 0.3) is 0 Å². The molecule has 0 saturated heterocycles. The van der Waals surface area contributed by atoms with Crippen LogP contribution >= 0.6 is 11.8 Å². The molecule has 0 bridgehead atoms. The van der Waals surface area contributed by atoms with Gasteiger partial charge in [0.15, 0.2) is 0 Å². The molecular formula is C16H18N2O4S. The first-order valence-electron chi connectivity index (χ1n) is 7.08. The Kier molecular flexibility index (Phi) is 5.44. The van der Waals surface area contributed by atoms with E-state index in [0.29, 0.717) is 6.54 Å². The molecule has 2 aromatic rings. The zero-order valence-corrected chi connectivity index (χ0v) is 14.0. The topological polar surface area (TPSA) is 76.6 Å². The van der Waals surface area contributed by atoms with E-state index >= 15 is 0 Å². The lowest BCUT2D eigenvalue weighted by Gasteiger charge is -2.20. The summed E-state index contributed by atoms with van der Waals surface area (Å²) in [7, 11) is 1.73. The van der Waals surface area contributed by atoms with Gasteiger partial charge in [-0.1, -0.05) is 0 Å². The molecule has 0 saturated carbocycles. The summed E-state index contributed by atoms with van der Waals surface area (Å²) >= 11 is 1.37. The fourth-order valence-electron chi connectivity index (χ4n) is 2.09. The quantitative estimate of drug-likeness (QED) is 0.458. The number of hydrogen-bond acceptors (Lipinski definition) is 5. The Morgan fingerprint density at radius 1 is 1.30 bits per heavy atom. The van der Waals surface area contributed by atoms with Gasteiger partial charge in [0.2, 0.25) is 5.91 Å². The minimum Gasteiger partial charge on any atom is -0.464 e. The SMILES string of the molecule is Cc1ccc(CN(C)C(=O)[C@@H](C)Sc2ccc([N+](=O)[O-])cc2)o1. The molecular weight excluding hydrogens is 316 g/mol. The number of nitro benzene ring substituents is 1. The minimum atomic E-state index is -0.442. The Hall–Kier alpha value is -2.28. The number of furan rings is 1. The highest BCUT2D eigenvalue weighted by Gasteiger charge is 2.20. The maximum atomic E-state index is 12.4. The van der Waals surface area contributed by atoms with Gasteiger partial charge in [0.25, 0.3) is 5.69 Å². The molecule has 122 valence electrons. The number of nitrogens with zero attached hydrogens (tertiary/aromatic N) is 2. The van der Waals surface area contributed by atoms with Crippen LogP contribution in [-0.2, 0) is 11.3 Å². The van der Waals surface area contributed by atoms with Crippen molar-refractivity contribution in [2.45, 2.75) is 30.5 Å². The molecule has 1 aromatic carbocycles. The van der Waals surface area contributed by atoms with Crippen molar-refractivity contribution in [2.75, 3.05) is 7.05 Å². The highest BCUT2D eigenvalue weighted by atomic mass is 32.2. The zero-order valence-electron chi connectivity index (χ0n) is 13.2. The summed E-state index contributed by atoms with van der Waals surface area (Å²) in [4.78, 5) is 25.0. The summed E-state index contributed by atoms with van der Waals surface area (Å²) in [6.07, 6.45) is 0. The van der Waals surface area contributed by atoms with E-state index in [1.54, 1.807) is 24.1 Å². The number of carbonyl (C=O) groups excluding carboxylic acids is 1. The second kappa shape index (κ2) is 7.32. The molecule has 0 aliphatic heterocycles. The highest BCUT2D eigenvalue weighted by molar-refractivity contribution is 8.00. The monoisotopic (exact) mass is 334 g/mol. The molecule has 0 aliphatic rings. The molecule has 7 heteroatoms. The molecule has 0 radical (unpaired) electrons. The van der Waals surface area contributed by atoms with Gasteiger partial charge in [-0.15, -0.1) is 11.8 Å². The first-order chi connectivity index (χ1) is 10.9. The average molecular weight is 334 g/mol. The van der Waals surface area contributed by atoms with E-state index in [-0.39, 0.29) is 16.8 Å². The van der Waals surface area contributed by atoms with Crippen molar-refractivity contribution in [3.8, 4) is 0 Å². The number of rotatable bonds is 6. The van der Waals surface area contributed by atoms with Crippen LogP contribution in [0.3, 0.4) is 0 Å². The Morgan fingerprint density at radius 3 is 2.48 bits per heavy atom. The predicted molar refractivity (Wildman–Crippen MR) is 88.3 cm³/mol. The normalized spacial score (nSPS) is 12.0. The van der Waals surface area contributed by atoms with Crippen molar-refractivity contribution in [3.63, 3.8) is 0 Å². The summed E-state index contributed by atoms with van der Waals surface area (Å²) < 4.78 is 5.47. The standard InChI is InChI=1S/C16H18N2O4S/c1-11-4-7-14(22-11)10-17(3)16(19)12(2)23-15-8-5-13(6-9-15)18(20)21/h4-9,12H,10H2,1-3H3/t12-/m1/s1. The molecule has 1 amide bonds. The van der Waals surface area contributed by atoms with Gasteiger partial charge in [0, 0.05) is 24.1 Å². The lowest BCUT2D eigenvalue weighted by molar-refractivity contribution is -0.384. The third kappa shape index (κ3) is 4.59. The molecule has 0 N–H and O–H groups in total. The lowest BCUT2D eigenvalue weighted by Crippen LogP contribution is -2.32. The van der Waals surface area contributed by atoms with Gasteiger partial charge in [-0.25, -0.2) is 0 Å². The fourth-order valence-corrected chi connectivity index (χ4v) is 3.08. The summed E-state index contributed by atoms with van der Waals surface area (Å²) in [6, 6.07) is 9.91. The molecule has 0 aliphatic carbocycles. The number of hydrogen-bond donors (Lipinski definition) is 0. The van der Waals surface area contributed by atoms with E-state index in [2.05, 4.69) is 0 Å². The maximum absolute atomic E-state index is 12.4. The molecule has 0 spiro atoms. The van der Waals surface area contributed by atoms with E-state index in [4.69, 9.17) is 4.42 Å². The largest absolute Gasteiger partial charge is 0.464 e. The molecule has 0 fully saturated rings. The van der Waals surface area contributed by atoms with E-state index in [0.717, 1.165) is 16.4 Å². The van der Waals surface area contributed by atoms with Gasteiger partial charge < -0.3 is 9.32 Å². The summed E-state index contributed by atoms with van der Waals surface area (Å²) in [5.74, 6) is 1.53. The molecule has 0 unspecified atom stereocenters. The van der Waals surface area contributed by atoms with Crippen molar-refractivity contribution in [1.29, 1.82) is 0 Å². The van der Waals surface area contributed by atoms with Crippen molar-refractivity contribution in [2.24, 2.45) is 0 Å². The Bertz CT molecular complexity index is 696. The molecule has 1 heterocycles. The van der Waals surface area contributed by atoms with Crippen LogP contribution in [-0.4, -0.2) is 28.0 Å². The number of aryl methyl sites for hydroxylation is 1. The van der Waals surface area contributed by atoms with Gasteiger partial charge in [-0.3, -0.25) is 14.9 Å². The number of carbonyl (C=O) groups is 1. The van der Waals surface area contributed by atoms with Crippen LogP contribution in [0.2, 0.25) is 0 Å². The first-order valence-corrected chi connectivity index (χ1v) is 7.96. The van der Waals surface area contributed by atoms with Gasteiger partial charge in [-0.05, 0) is 38.1 Å².